The minimum Gasteiger partial charge on any atom is -0.485 e. The predicted molar refractivity (Wildman–Crippen MR) is 64.4 cm³/mol. The molecule has 1 heterocycles. The third-order valence-corrected chi connectivity index (χ3v) is 2.61. The van der Waals surface area contributed by atoms with Crippen molar-refractivity contribution < 1.29 is 9.53 Å². The molecule has 0 bridgehead atoms. The first-order valence-electron chi connectivity index (χ1n) is 5.04. The minimum atomic E-state index is 0.311. The van der Waals surface area contributed by atoms with Crippen LogP contribution in [-0.2, 0) is 13.7 Å². The number of hydrogen-bond acceptors (Lipinski definition) is 3. The van der Waals surface area contributed by atoms with Gasteiger partial charge in [-0.2, -0.15) is 0 Å². The highest BCUT2D eigenvalue weighted by Crippen LogP contribution is 2.22. The molecular weight excluding hydrogens is 240 g/mol. The van der Waals surface area contributed by atoms with Gasteiger partial charge in [-0.25, -0.2) is 4.98 Å². The fourth-order valence-electron chi connectivity index (χ4n) is 1.42. The van der Waals surface area contributed by atoms with Crippen molar-refractivity contribution in [3.05, 3.63) is 47.0 Å². The first-order chi connectivity index (χ1) is 8.20. The van der Waals surface area contributed by atoms with E-state index >= 15 is 0 Å². The molecule has 0 fully saturated rings. The summed E-state index contributed by atoms with van der Waals surface area (Å²) in [6.07, 6.45) is 4.25. The number of ether oxygens (including phenoxy) is 1. The molecule has 1 aromatic carbocycles. The number of nitrogens with zero attached hydrogens (tertiary/aromatic N) is 2. The van der Waals surface area contributed by atoms with E-state index in [4.69, 9.17) is 16.3 Å². The molecule has 2 rings (SSSR count). The smallest absolute Gasteiger partial charge is 0.153 e. The van der Waals surface area contributed by atoms with E-state index in [9.17, 15) is 4.79 Å². The highest BCUT2D eigenvalue weighted by Gasteiger charge is 2.06. The van der Waals surface area contributed by atoms with Crippen LogP contribution in [0.25, 0.3) is 0 Å². The Hall–Kier alpha value is -1.81. The van der Waals surface area contributed by atoms with Gasteiger partial charge in [0.15, 0.2) is 6.29 Å². The van der Waals surface area contributed by atoms with Crippen molar-refractivity contribution in [3.63, 3.8) is 0 Å². The lowest BCUT2D eigenvalue weighted by Gasteiger charge is -2.08. The maximum Gasteiger partial charge on any atom is 0.153 e. The fraction of sp³-hybridized carbons (Fsp3) is 0.167. The van der Waals surface area contributed by atoms with Crippen molar-refractivity contribution in [3.8, 4) is 5.75 Å². The van der Waals surface area contributed by atoms with Crippen LogP contribution in [-0.4, -0.2) is 15.8 Å². The van der Waals surface area contributed by atoms with Gasteiger partial charge in [-0.15, -0.1) is 0 Å². The number of benzene rings is 1. The summed E-state index contributed by atoms with van der Waals surface area (Å²) in [5.41, 5.74) is 0.437. The molecule has 0 radical (unpaired) electrons. The van der Waals surface area contributed by atoms with Crippen LogP contribution in [0.15, 0.2) is 30.6 Å². The molecule has 0 atom stereocenters. The average molecular weight is 251 g/mol. The van der Waals surface area contributed by atoms with E-state index in [1.165, 1.54) is 0 Å². The number of carbonyl (C=O) groups excluding carboxylic acids is 1. The molecule has 5 heteroatoms. The third kappa shape index (κ3) is 2.65. The third-order valence-electron chi connectivity index (χ3n) is 2.38. The zero-order chi connectivity index (χ0) is 12.3. The minimum absolute atomic E-state index is 0.311. The van der Waals surface area contributed by atoms with Gasteiger partial charge in [0.25, 0.3) is 0 Å². The summed E-state index contributed by atoms with van der Waals surface area (Å²) in [5.74, 6) is 1.30. The van der Waals surface area contributed by atoms with E-state index in [1.807, 2.05) is 17.8 Å². The highest BCUT2D eigenvalue weighted by molar-refractivity contribution is 6.30. The van der Waals surface area contributed by atoms with Gasteiger partial charge >= 0.3 is 0 Å². The molecule has 0 spiro atoms. The van der Waals surface area contributed by atoms with Crippen LogP contribution < -0.4 is 4.74 Å². The van der Waals surface area contributed by atoms with E-state index < -0.39 is 0 Å². The molecule has 0 unspecified atom stereocenters. The largest absolute Gasteiger partial charge is 0.485 e. The van der Waals surface area contributed by atoms with E-state index in [0.717, 1.165) is 12.1 Å². The van der Waals surface area contributed by atoms with Crippen LogP contribution in [0.2, 0.25) is 5.02 Å². The summed E-state index contributed by atoms with van der Waals surface area (Å²) in [7, 11) is 1.88. The van der Waals surface area contributed by atoms with Crippen molar-refractivity contribution in [2.75, 3.05) is 0 Å². The molecule has 0 N–H and O–H groups in total. The molecule has 2 aromatic rings. The lowest BCUT2D eigenvalue weighted by molar-refractivity contribution is 0.111. The monoisotopic (exact) mass is 250 g/mol. The van der Waals surface area contributed by atoms with Crippen molar-refractivity contribution >= 4 is 17.9 Å². The molecule has 0 amide bonds. The van der Waals surface area contributed by atoms with Gasteiger partial charge < -0.3 is 9.30 Å². The molecular formula is C12H11ClN2O2. The molecule has 0 saturated carbocycles. The van der Waals surface area contributed by atoms with E-state index in [1.54, 1.807) is 24.4 Å². The van der Waals surface area contributed by atoms with Crippen LogP contribution >= 0.6 is 11.6 Å². The van der Waals surface area contributed by atoms with Crippen molar-refractivity contribution in [1.29, 1.82) is 0 Å². The second-order valence-corrected chi connectivity index (χ2v) is 3.98. The van der Waals surface area contributed by atoms with Gasteiger partial charge in [0, 0.05) is 24.5 Å². The molecule has 0 aliphatic rings. The van der Waals surface area contributed by atoms with Crippen LogP contribution in [0.1, 0.15) is 16.2 Å². The van der Waals surface area contributed by atoms with Gasteiger partial charge in [-0.05, 0) is 18.2 Å². The van der Waals surface area contributed by atoms with Gasteiger partial charge in [-0.1, -0.05) is 11.6 Å². The number of aryl methyl sites for hydroxylation is 1. The Morgan fingerprint density at radius 2 is 2.35 bits per heavy atom. The van der Waals surface area contributed by atoms with Crippen molar-refractivity contribution in [2.45, 2.75) is 6.61 Å². The van der Waals surface area contributed by atoms with E-state index in [2.05, 4.69) is 4.98 Å². The molecule has 1 aromatic heterocycles. The number of aldehydes is 1. The number of aromatic nitrogens is 2. The standard InChI is InChI=1S/C12H11ClN2O2/c1-15-5-4-14-12(15)8-17-11-3-2-10(13)6-9(11)7-16/h2-7H,8H2,1H3. The zero-order valence-corrected chi connectivity index (χ0v) is 10.0. The number of hydrogen-bond donors (Lipinski definition) is 0. The topological polar surface area (TPSA) is 44.1 Å². The Balaban J connectivity index is 2.14. The van der Waals surface area contributed by atoms with Crippen LogP contribution in [0.4, 0.5) is 0 Å². The SMILES string of the molecule is Cn1ccnc1COc1ccc(Cl)cc1C=O. The lowest BCUT2D eigenvalue weighted by atomic mass is 10.2. The first kappa shape index (κ1) is 11.7. The Labute approximate surface area is 104 Å². The summed E-state index contributed by atoms with van der Waals surface area (Å²) < 4.78 is 7.39. The molecule has 88 valence electrons. The Kier molecular flexibility index (Phi) is 3.44. The van der Waals surface area contributed by atoms with Gasteiger partial charge in [-0.3, -0.25) is 4.79 Å². The molecule has 0 aliphatic carbocycles. The summed E-state index contributed by atoms with van der Waals surface area (Å²) in [6.45, 7) is 0.311. The van der Waals surface area contributed by atoms with E-state index in [-0.39, 0.29) is 0 Å². The molecule has 4 nitrogen and oxygen atoms in total. The van der Waals surface area contributed by atoms with Crippen molar-refractivity contribution in [2.24, 2.45) is 7.05 Å². The van der Waals surface area contributed by atoms with Crippen LogP contribution in [0.3, 0.4) is 0 Å². The van der Waals surface area contributed by atoms with Gasteiger partial charge in [0.05, 0.1) is 5.56 Å². The van der Waals surface area contributed by atoms with Crippen LogP contribution in [0, 0.1) is 0 Å². The fourth-order valence-corrected chi connectivity index (χ4v) is 1.60. The Morgan fingerprint density at radius 1 is 1.53 bits per heavy atom. The second kappa shape index (κ2) is 5.01. The average Bonchev–Trinajstić information content (AvgIpc) is 2.73. The van der Waals surface area contributed by atoms with Crippen LogP contribution in [0.5, 0.6) is 5.75 Å². The predicted octanol–water partition coefficient (Wildman–Crippen LogP) is 2.46. The summed E-state index contributed by atoms with van der Waals surface area (Å²) in [6, 6.07) is 4.93. The van der Waals surface area contributed by atoms with Crippen molar-refractivity contribution in [1.82, 2.24) is 9.55 Å². The van der Waals surface area contributed by atoms with Gasteiger partial charge in [0.2, 0.25) is 0 Å². The van der Waals surface area contributed by atoms with Gasteiger partial charge in [0.1, 0.15) is 18.2 Å². The normalized spacial score (nSPS) is 10.2. The summed E-state index contributed by atoms with van der Waals surface area (Å²) in [5, 5.41) is 0.511. The maximum atomic E-state index is 10.8. The summed E-state index contributed by atoms with van der Waals surface area (Å²) >= 11 is 5.79. The zero-order valence-electron chi connectivity index (χ0n) is 9.26. The summed E-state index contributed by atoms with van der Waals surface area (Å²) in [4.78, 5) is 15.0. The van der Waals surface area contributed by atoms with E-state index in [0.29, 0.717) is 22.9 Å². The molecule has 0 aliphatic heterocycles. The second-order valence-electron chi connectivity index (χ2n) is 3.54. The number of halogens is 1. The Bertz CT molecular complexity index is 537. The number of rotatable bonds is 4. The maximum absolute atomic E-state index is 10.8. The molecule has 17 heavy (non-hydrogen) atoms. The number of imidazole rings is 1. The molecule has 0 saturated heterocycles. The first-order valence-corrected chi connectivity index (χ1v) is 5.42. The quantitative estimate of drug-likeness (QED) is 0.783. The Morgan fingerprint density at radius 3 is 3.00 bits per heavy atom. The lowest BCUT2D eigenvalue weighted by Crippen LogP contribution is -2.04. The highest BCUT2D eigenvalue weighted by atomic mass is 35.5. The number of carbonyl (C=O) groups is 1.